The van der Waals surface area contributed by atoms with Crippen molar-refractivity contribution in [3.63, 3.8) is 0 Å². The van der Waals surface area contributed by atoms with Crippen LogP contribution in [0.3, 0.4) is 0 Å². The second-order valence-electron chi connectivity index (χ2n) is 5.09. The van der Waals surface area contributed by atoms with E-state index in [0.717, 1.165) is 17.3 Å². The summed E-state index contributed by atoms with van der Waals surface area (Å²) in [4.78, 5) is 17.5. The zero-order chi connectivity index (χ0) is 13.6. The van der Waals surface area contributed by atoms with Gasteiger partial charge in [-0.1, -0.05) is 22.0 Å². The van der Waals surface area contributed by atoms with E-state index in [9.17, 15) is 4.79 Å². The Morgan fingerprint density at radius 1 is 1.53 bits per heavy atom. The lowest BCUT2D eigenvalue weighted by molar-refractivity contribution is -0.180. The van der Waals surface area contributed by atoms with Crippen LogP contribution in [0.25, 0.3) is 0 Å². The summed E-state index contributed by atoms with van der Waals surface area (Å²) in [5.41, 5.74) is 2.59. The first-order valence-electron chi connectivity index (χ1n) is 6.37. The van der Waals surface area contributed by atoms with Crippen molar-refractivity contribution in [2.45, 2.75) is 25.0 Å². The van der Waals surface area contributed by atoms with Gasteiger partial charge in [-0.25, -0.2) is 4.79 Å². The van der Waals surface area contributed by atoms with E-state index in [1.165, 1.54) is 18.2 Å². The van der Waals surface area contributed by atoms with Crippen molar-refractivity contribution in [2.24, 2.45) is 5.92 Å². The summed E-state index contributed by atoms with van der Waals surface area (Å²) in [6.07, 6.45) is 1.45. The molecule has 3 atom stereocenters. The van der Waals surface area contributed by atoms with Crippen molar-refractivity contribution in [1.29, 1.82) is 0 Å². The maximum Gasteiger partial charge on any atom is 0.337 e. The molecular weight excluding hydrogens is 310 g/mol. The lowest BCUT2D eigenvalue weighted by atomic mass is 9.78. The average Bonchev–Trinajstić information content (AvgIpc) is 2.75. The molecule has 0 aromatic heterocycles. The number of fused-ring (bicyclic) bond motifs is 3. The monoisotopic (exact) mass is 325 g/mol. The van der Waals surface area contributed by atoms with Crippen LogP contribution in [0.15, 0.2) is 22.7 Å². The molecule has 1 aromatic rings. The van der Waals surface area contributed by atoms with Crippen LogP contribution in [0.2, 0.25) is 0 Å². The third kappa shape index (κ3) is 2.10. The van der Waals surface area contributed by atoms with Gasteiger partial charge in [-0.3, -0.25) is 4.84 Å². The second-order valence-corrected chi connectivity index (χ2v) is 6.00. The van der Waals surface area contributed by atoms with Crippen LogP contribution in [0.4, 0.5) is 0 Å². The number of rotatable bonds is 1. The number of aryl methyl sites for hydroxylation is 1. The molecule has 1 aliphatic heterocycles. The number of ether oxygens (including phenoxy) is 1. The standard InChI is InChI=1S/C14H16BrNO3/c1-16-12-10(13(19-16)14(17)18-2)6-4-8-3-5-9(15)7-11(8)12/h3,5,7,10,12-13H,4,6H2,1-2H3/t10-,12+,13+/m0/s1. The van der Waals surface area contributed by atoms with Gasteiger partial charge >= 0.3 is 5.97 Å². The molecule has 0 unspecified atom stereocenters. The maximum absolute atomic E-state index is 11.8. The van der Waals surface area contributed by atoms with Crippen molar-refractivity contribution in [1.82, 2.24) is 5.06 Å². The van der Waals surface area contributed by atoms with Crippen LogP contribution >= 0.6 is 15.9 Å². The smallest absolute Gasteiger partial charge is 0.337 e. The van der Waals surface area contributed by atoms with Gasteiger partial charge in [-0.2, -0.15) is 5.06 Å². The van der Waals surface area contributed by atoms with Crippen LogP contribution in [-0.2, 0) is 20.8 Å². The number of esters is 1. The molecule has 5 heteroatoms. The fraction of sp³-hybridized carbons (Fsp3) is 0.500. The minimum Gasteiger partial charge on any atom is -0.467 e. The van der Waals surface area contributed by atoms with E-state index in [-0.39, 0.29) is 17.9 Å². The molecule has 0 saturated carbocycles. The van der Waals surface area contributed by atoms with Gasteiger partial charge in [0.1, 0.15) is 0 Å². The zero-order valence-electron chi connectivity index (χ0n) is 10.9. The van der Waals surface area contributed by atoms with Gasteiger partial charge in [0, 0.05) is 17.4 Å². The van der Waals surface area contributed by atoms with Gasteiger partial charge < -0.3 is 4.74 Å². The van der Waals surface area contributed by atoms with E-state index < -0.39 is 6.10 Å². The summed E-state index contributed by atoms with van der Waals surface area (Å²) in [5, 5.41) is 1.80. The molecule has 0 bridgehead atoms. The van der Waals surface area contributed by atoms with Crippen molar-refractivity contribution >= 4 is 21.9 Å². The number of carbonyl (C=O) groups is 1. The molecule has 0 amide bonds. The van der Waals surface area contributed by atoms with Crippen LogP contribution < -0.4 is 0 Å². The number of hydrogen-bond donors (Lipinski definition) is 0. The third-order valence-electron chi connectivity index (χ3n) is 4.07. The summed E-state index contributed by atoms with van der Waals surface area (Å²) in [5.74, 6) is -0.114. The van der Waals surface area contributed by atoms with E-state index in [1.54, 1.807) is 5.06 Å². The molecule has 4 nitrogen and oxygen atoms in total. The first-order chi connectivity index (χ1) is 9.11. The number of benzene rings is 1. The molecule has 0 N–H and O–H groups in total. The third-order valence-corrected chi connectivity index (χ3v) is 4.57. The second kappa shape index (κ2) is 4.89. The highest BCUT2D eigenvalue weighted by Crippen LogP contribution is 2.46. The number of halogens is 1. The number of hydrogen-bond acceptors (Lipinski definition) is 4. The van der Waals surface area contributed by atoms with E-state index in [1.807, 2.05) is 7.05 Å². The molecular formula is C14H16BrNO3. The Balaban J connectivity index is 1.99. The molecule has 1 fully saturated rings. The van der Waals surface area contributed by atoms with Crippen molar-refractivity contribution in [3.8, 4) is 0 Å². The first kappa shape index (κ1) is 13.1. The number of nitrogens with zero attached hydrogens (tertiary/aromatic N) is 1. The number of carbonyl (C=O) groups excluding carboxylic acids is 1. The zero-order valence-corrected chi connectivity index (χ0v) is 12.5. The summed E-state index contributed by atoms with van der Waals surface area (Å²) in [6, 6.07) is 6.47. The lowest BCUT2D eigenvalue weighted by Gasteiger charge is -2.30. The van der Waals surface area contributed by atoms with E-state index in [4.69, 9.17) is 9.57 Å². The Kier molecular flexibility index (Phi) is 3.37. The molecule has 1 saturated heterocycles. The van der Waals surface area contributed by atoms with Gasteiger partial charge in [0.2, 0.25) is 0 Å². The van der Waals surface area contributed by atoms with Crippen LogP contribution in [0, 0.1) is 5.92 Å². The highest BCUT2D eigenvalue weighted by Gasteiger charge is 2.48. The Bertz CT molecular complexity index is 519. The highest BCUT2D eigenvalue weighted by atomic mass is 79.9. The van der Waals surface area contributed by atoms with Gasteiger partial charge in [0.05, 0.1) is 13.2 Å². The Hall–Kier alpha value is -0.910. The Labute approximate surface area is 120 Å². The Morgan fingerprint density at radius 3 is 3.05 bits per heavy atom. The van der Waals surface area contributed by atoms with Gasteiger partial charge in [0.25, 0.3) is 0 Å². The number of hydroxylamine groups is 2. The molecule has 1 heterocycles. The fourth-order valence-corrected chi connectivity index (χ4v) is 3.60. The van der Waals surface area contributed by atoms with Crippen molar-refractivity contribution in [2.75, 3.05) is 14.2 Å². The minimum atomic E-state index is -0.480. The SMILES string of the molecule is COC(=O)[C@@H]1ON(C)[C@H]2c3cc(Br)ccc3CC[C@H]12. The van der Waals surface area contributed by atoms with E-state index in [2.05, 4.69) is 34.1 Å². The molecule has 1 aliphatic carbocycles. The van der Waals surface area contributed by atoms with Gasteiger partial charge in [-0.15, -0.1) is 0 Å². The predicted molar refractivity (Wildman–Crippen MR) is 73.3 cm³/mol. The minimum absolute atomic E-state index is 0.130. The molecule has 19 heavy (non-hydrogen) atoms. The van der Waals surface area contributed by atoms with Gasteiger partial charge in [-0.05, 0) is 36.1 Å². The highest BCUT2D eigenvalue weighted by molar-refractivity contribution is 9.10. The summed E-state index contributed by atoms with van der Waals surface area (Å²) in [7, 11) is 3.29. The Morgan fingerprint density at radius 2 is 2.32 bits per heavy atom. The van der Waals surface area contributed by atoms with Crippen molar-refractivity contribution < 1.29 is 14.4 Å². The van der Waals surface area contributed by atoms with Crippen LogP contribution in [-0.4, -0.2) is 31.3 Å². The largest absolute Gasteiger partial charge is 0.467 e. The quantitative estimate of drug-likeness (QED) is 0.743. The maximum atomic E-state index is 11.8. The van der Waals surface area contributed by atoms with E-state index in [0.29, 0.717) is 0 Å². The molecule has 102 valence electrons. The number of methoxy groups -OCH3 is 1. The summed E-state index contributed by atoms with van der Waals surface area (Å²) in [6.45, 7) is 0. The molecule has 3 rings (SSSR count). The van der Waals surface area contributed by atoms with Crippen LogP contribution in [0.1, 0.15) is 23.6 Å². The van der Waals surface area contributed by atoms with Crippen molar-refractivity contribution in [3.05, 3.63) is 33.8 Å². The molecule has 1 aromatic carbocycles. The summed E-state index contributed by atoms with van der Waals surface area (Å²) < 4.78 is 5.90. The predicted octanol–water partition coefficient (Wildman–Crippen LogP) is 2.47. The fourth-order valence-electron chi connectivity index (χ4n) is 3.22. The lowest BCUT2D eigenvalue weighted by Crippen LogP contribution is -2.32. The van der Waals surface area contributed by atoms with Crippen LogP contribution in [0.5, 0.6) is 0 Å². The van der Waals surface area contributed by atoms with E-state index >= 15 is 0 Å². The van der Waals surface area contributed by atoms with Gasteiger partial charge in [0.15, 0.2) is 6.10 Å². The average molecular weight is 326 g/mol. The summed E-state index contributed by atoms with van der Waals surface area (Å²) >= 11 is 3.51. The normalized spacial score (nSPS) is 29.7. The molecule has 0 radical (unpaired) electrons. The molecule has 2 aliphatic rings. The first-order valence-corrected chi connectivity index (χ1v) is 7.17. The topological polar surface area (TPSA) is 38.8 Å². The molecule has 0 spiro atoms.